The van der Waals surface area contributed by atoms with Gasteiger partial charge in [-0.05, 0) is 0 Å². The van der Waals surface area contributed by atoms with Gasteiger partial charge in [-0.3, -0.25) is 10.6 Å². The van der Waals surface area contributed by atoms with Crippen LogP contribution in [0.25, 0.3) is 0 Å². The van der Waals surface area contributed by atoms with Crippen LogP contribution in [0.1, 0.15) is 0 Å². The summed E-state index contributed by atoms with van der Waals surface area (Å²) in [5.74, 6) is 2.17. The molecule has 0 aromatic carbocycles. The van der Waals surface area contributed by atoms with Crippen molar-refractivity contribution in [3.63, 3.8) is 0 Å². The number of nitrogens with one attached hydrogen (secondary N) is 2. The molecule has 0 radical (unpaired) electrons. The molecule has 0 unspecified atom stereocenters. The van der Waals surface area contributed by atoms with Gasteiger partial charge in [0.15, 0.2) is 0 Å². The lowest BCUT2D eigenvalue weighted by Crippen LogP contribution is -2.29. The highest BCUT2D eigenvalue weighted by atomic mass is 32.2. The van der Waals surface area contributed by atoms with Crippen molar-refractivity contribution in [2.45, 2.75) is 0 Å². The highest BCUT2D eigenvalue weighted by molar-refractivity contribution is 8.15. The third-order valence-electron chi connectivity index (χ3n) is 0.825. The van der Waals surface area contributed by atoms with Crippen LogP contribution in [-0.4, -0.2) is 23.5 Å². The zero-order chi connectivity index (χ0) is 5.66. The average Bonchev–Trinajstić information content (AvgIpc) is 1.62. The lowest BCUT2D eigenvalue weighted by Gasteiger charge is -2.09. The predicted octanol–water partition coefficient (Wildman–Crippen LogP) is 0.476. The second-order valence-corrected chi connectivity index (χ2v) is 3.83. The Bertz CT molecular complexity index is 36.0. The van der Waals surface area contributed by atoms with Gasteiger partial charge in [-0.25, -0.2) is 0 Å². The molecule has 0 aromatic heterocycles. The zero-order valence-electron chi connectivity index (χ0n) is 4.64. The van der Waals surface area contributed by atoms with Gasteiger partial charge < -0.3 is 0 Å². The minimum absolute atomic E-state index is 0.958. The summed E-state index contributed by atoms with van der Waals surface area (Å²) in [4.78, 5) is 0. The summed E-state index contributed by atoms with van der Waals surface area (Å²) in [7, 11) is 0. The van der Waals surface area contributed by atoms with Crippen molar-refractivity contribution in [2.75, 3.05) is 23.5 Å². The molecule has 1 heterocycles. The van der Waals surface area contributed by atoms with Gasteiger partial charge in [-0.1, -0.05) is 0 Å². The Morgan fingerprint density at radius 3 is 2.25 bits per heavy atom. The summed E-state index contributed by atoms with van der Waals surface area (Å²) in [5, 5.41) is 7.66. The first-order chi connectivity index (χ1) is 4.00. The molecular formula is C4H10N2S2. The number of hydrogen-bond acceptors (Lipinski definition) is 4. The smallest absolute Gasteiger partial charge is 0.0467 e. The minimum atomic E-state index is 0.958. The molecule has 1 fully saturated rings. The van der Waals surface area contributed by atoms with E-state index in [1.54, 1.807) is 0 Å². The van der Waals surface area contributed by atoms with Gasteiger partial charge in [0, 0.05) is 23.5 Å². The zero-order valence-corrected chi connectivity index (χ0v) is 6.28. The number of hydrogen-bond donors (Lipinski definition) is 2. The van der Waals surface area contributed by atoms with Crippen molar-refractivity contribution in [2.24, 2.45) is 0 Å². The molecule has 2 nitrogen and oxygen atoms in total. The second kappa shape index (κ2) is 4.49. The summed E-state index contributed by atoms with van der Waals surface area (Å²) >= 11 is 3.88. The normalized spacial score (nSPS) is 24.0. The van der Waals surface area contributed by atoms with Crippen LogP contribution < -0.4 is 10.6 Å². The Kier molecular flexibility index (Phi) is 3.78. The van der Waals surface area contributed by atoms with E-state index >= 15 is 0 Å². The van der Waals surface area contributed by atoms with E-state index in [0.29, 0.717) is 0 Å². The van der Waals surface area contributed by atoms with Crippen molar-refractivity contribution in [1.29, 1.82) is 0 Å². The van der Waals surface area contributed by atoms with Crippen LogP contribution in [0, 0.1) is 0 Å². The lowest BCUT2D eigenvalue weighted by molar-refractivity contribution is 0.683. The van der Waals surface area contributed by atoms with E-state index in [-0.39, 0.29) is 0 Å². The molecule has 0 aromatic rings. The number of thioether (sulfide) groups is 2. The fourth-order valence-corrected chi connectivity index (χ4v) is 2.11. The largest absolute Gasteiger partial charge is 0.295 e. The molecular weight excluding hydrogens is 140 g/mol. The fourth-order valence-electron chi connectivity index (χ4n) is 0.477. The maximum absolute atomic E-state index is 3.23. The van der Waals surface area contributed by atoms with E-state index in [9.17, 15) is 0 Å². The Labute approximate surface area is 58.2 Å². The van der Waals surface area contributed by atoms with E-state index in [2.05, 4.69) is 10.6 Å². The van der Waals surface area contributed by atoms with E-state index in [4.69, 9.17) is 0 Å². The molecule has 1 rings (SSSR count). The van der Waals surface area contributed by atoms with E-state index < -0.39 is 0 Å². The van der Waals surface area contributed by atoms with Crippen molar-refractivity contribution in [3.8, 4) is 0 Å². The molecule has 4 heteroatoms. The standard InChI is InChI=1S/C4H10N2S2/c1-5-2-7-4-8-3-6-1/h5-6H,1-4H2. The van der Waals surface area contributed by atoms with Crippen LogP contribution in [0.2, 0.25) is 0 Å². The van der Waals surface area contributed by atoms with Crippen LogP contribution in [0.4, 0.5) is 0 Å². The summed E-state index contributed by atoms with van der Waals surface area (Å²) < 4.78 is 0. The molecule has 0 bridgehead atoms. The molecule has 0 spiro atoms. The summed E-state index contributed by atoms with van der Waals surface area (Å²) in [6.07, 6.45) is 0. The summed E-state index contributed by atoms with van der Waals surface area (Å²) in [6.45, 7) is 0.958. The predicted molar refractivity (Wildman–Crippen MR) is 40.9 cm³/mol. The van der Waals surface area contributed by atoms with Gasteiger partial charge in [-0.15, -0.1) is 23.5 Å². The SMILES string of the molecule is C1NCSCSCN1. The quantitative estimate of drug-likeness (QED) is 0.524. The molecule has 1 saturated heterocycles. The van der Waals surface area contributed by atoms with E-state index in [1.807, 2.05) is 23.5 Å². The van der Waals surface area contributed by atoms with Gasteiger partial charge in [0.05, 0.1) is 0 Å². The highest BCUT2D eigenvalue weighted by Crippen LogP contribution is 2.09. The lowest BCUT2D eigenvalue weighted by atomic mass is 11.0. The average molecular weight is 150 g/mol. The molecule has 0 saturated carbocycles. The topological polar surface area (TPSA) is 24.1 Å². The molecule has 0 aliphatic carbocycles. The summed E-state index contributed by atoms with van der Waals surface area (Å²) in [6, 6.07) is 0. The monoisotopic (exact) mass is 150 g/mol. The van der Waals surface area contributed by atoms with Crippen LogP contribution in [0.3, 0.4) is 0 Å². The fraction of sp³-hybridized carbons (Fsp3) is 1.00. The molecule has 1 aliphatic heterocycles. The third kappa shape index (κ3) is 2.81. The minimum Gasteiger partial charge on any atom is -0.295 e. The number of rotatable bonds is 0. The van der Waals surface area contributed by atoms with Gasteiger partial charge in [0.1, 0.15) is 0 Å². The first kappa shape index (κ1) is 6.74. The van der Waals surface area contributed by atoms with Gasteiger partial charge in [0.2, 0.25) is 0 Å². The van der Waals surface area contributed by atoms with Gasteiger partial charge in [0.25, 0.3) is 0 Å². The maximum Gasteiger partial charge on any atom is 0.0467 e. The molecule has 0 amide bonds. The first-order valence-corrected chi connectivity index (χ1v) is 4.88. The molecule has 2 N–H and O–H groups in total. The van der Waals surface area contributed by atoms with Gasteiger partial charge in [-0.2, -0.15) is 0 Å². The van der Waals surface area contributed by atoms with E-state index in [1.165, 1.54) is 5.08 Å². The second-order valence-electron chi connectivity index (χ2n) is 1.49. The van der Waals surface area contributed by atoms with Crippen molar-refractivity contribution in [3.05, 3.63) is 0 Å². The molecule has 48 valence electrons. The van der Waals surface area contributed by atoms with Crippen LogP contribution in [-0.2, 0) is 0 Å². The molecule has 0 atom stereocenters. The first-order valence-electron chi connectivity index (χ1n) is 2.57. The Morgan fingerprint density at radius 1 is 1.00 bits per heavy atom. The van der Waals surface area contributed by atoms with Crippen LogP contribution in [0.5, 0.6) is 0 Å². The molecule has 8 heavy (non-hydrogen) atoms. The van der Waals surface area contributed by atoms with Crippen LogP contribution in [0.15, 0.2) is 0 Å². The highest BCUT2D eigenvalue weighted by Gasteiger charge is 1.93. The maximum atomic E-state index is 3.23. The van der Waals surface area contributed by atoms with Crippen LogP contribution >= 0.6 is 23.5 Å². The van der Waals surface area contributed by atoms with E-state index in [0.717, 1.165) is 18.4 Å². The van der Waals surface area contributed by atoms with Crippen molar-refractivity contribution in [1.82, 2.24) is 10.6 Å². The Balaban J connectivity index is 2.00. The van der Waals surface area contributed by atoms with Gasteiger partial charge >= 0.3 is 0 Å². The summed E-state index contributed by atoms with van der Waals surface area (Å²) in [5.41, 5.74) is 0. The van der Waals surface area contributed by atoms with Crippen molar-refractivity contribution < 1.29 is 0 Å². The van der Waals surface area contributed by atoms with Crippen molar-refractivity contribution >= 4 is 23.5 Å². The molecule has 1 aliphatic rings. The Morgan fingerprint density at radius 2 is 1.62 bits per heavy atom. The Hall–Kier alpha value is 0.620. The third-order valence-corrected chi connectivity index (χ3v) is 2.97.